The molecule has 0 atom stereocenters. The quantitative estimate of drug-likeness (QED) is 0.765. The van der Waals surface area contributed by atoms with E-state index in [9.17, 15) is 13.2 Å². The number of nitriles is 1. The molecule has 3 nitrogen and oxygen atoms in total. The van der Waals surface area contributed by atoms with Crippen LogP contribution < -0.4 is 4.74 Å². The highest BCUT2D eigenvalue weighted by molar-refractivity contribution is 8.00. The lowest BCUT2D eigenvalue weighted by Gasteiger charge is -2.06. The van der Waals surface area contributed by atoms with Crippen LogP contribution in [0.1, 0.15) is 12.0 Å². The maximum absolute atomic E-state index is 11.8. The summed E-state index contributed by atoms with van der Waals surface area (Å²) >= 11 is -0.0764. The molecule has 0 amide bonds. The van der Waals surface area contributed by atoms with Crippen LogP contribution in [0, 0.1) is 11.3 Å². The van der Waals surface area contributed by atoms with E-state index in [1.807, 2.05) is 6.07 Å². The number of halogens is 3. The Morgan fingerprint density at radius 1 is 1.47 bits per heavy atom. The average Bonchev–Trinajstić information content (AvgIpc) is 2.27. The van der Waals surface area contributed by atoms with E-state index < -0.39 is 5.51 Å². The van der Waals surface area contributed by atoms with Crippen molar-refractivity contribution in [2.24, 2.45) is 0 Å². The molecule has 0 aliphatic carbocycles. The Morgan fingerprint density at radius 2 is 2.24 bits per heavy atom. The SMILES string of the molecule is N#Cc1ccnc(OCCCSC(F)(F)F)c1. The second-order valence-electron chi connectivity index (χ2n) is 2.99. The van der Waals surface area contributed by atoms with Crippen LogP contribution >= 0.6 is 11.8 Å². The van der Waals surface area contributed by atoms with Crippen LogP contribution in [0.5, 0.6) is 5.88 Å². The van der Waals surface area contributed by atoms with Gasteiger partial charge in [-0.2, -0.15) is 18.4 Å². The lowest BCUT2D eigenvalue weighted by Crippen LogP contribution is -2.05. The van der Waals surface area contributed by atoms with Crippen molar-refractivity contribution in [3.63, 3.8) is 0 Å². The number of alkyl halides is 3. The Labute approximate surface area is 101 Å². The molecule has 0 spiro atoms. The van der Waals surface area contributed by atoms with Crippen molar-refractivity contribution in [3.05, 3.63) is 23.9 Å². The number of hydrogen-bond acceptors (Lipinski definition) is 4. The Balaban J connectivity index is 2.25. The molecule has 1 aromatic rings. The number of aromatic nitrogens is 1. The van der Waals surface area contributed by atoms with Crippen molar-refractivity contribution in [2.75, 3.05) is 12.4 Å². The third-order valence-corrected chi connectivity index (χ3v) is 2.49. The zero-order valence-corrected chi connectivity index (χ0v) is 9.51. The highest BCUT2D eigenvalue weighted by Crippen LogP contribution is 2.30. The first kappa shape index (κ1) is 13.6. The van der Waals surface area contributed by atoms with Crippen molar-refractivity contribution in [1.82, 2.24) is 4.98 Å². The van der Waals surface area contributed by atoms with Crippen LogP contribution in [0.25, 0.3) is 0 Å². The summed E-state index contributed by atoms with van der Waals surface area (Å²) in [6.45, 7) is 0.144. The molecule has 0 aliphatic heterocycles. The fourth-order valence-electron chi connectivity index (χ4n) is 0.981. The molecule has 1 aromatic heterocycles. The molecule has 17 heavy (non-hydrogen) atoms. The van der Waals surface area contributed by atoms with Gasteiger partial charge in [0.05, 0.1) is 18.2 Å². The Hall–Kier alpha value is -1.42. The van der Waals surface area contributed by atoms with E-state index in [4.69, 9.17) is 10.00 Å². The smallest absolute Gasteiger partial charge is 0.441 e. The van der Waals surface area contributed by atoms with E-state index in [2.05, 4.69) is 4.98 Å². The Kier molecular flexibility index (Phi) is 5.10. The van der Waals surface area contributed by atoms with Crippen molar-refractivity contribution in [2.45, 2.75) is 11.9 Å². The summed E-state index contributed by atoms with van der Waals surface area (Å²) in [6.07, 6.45) is 1.68. The highest BCUT2D eigenvalue weighted by Gasteiger charge is 2.27. The minimum Gasteiger partial charge on any atom is -0.478 e. The molecule has 0 fully saturated rings. The predicted molar refractivity (Wildman–Crippen MR) is 57.6 cm³/mol. The van der Waals surface area contributed by atoms with E-state index in [1.54, 1.807) is 0 Å². The lowest BCUT2D eigenvalue weighted by molar-refractivity contribution is -0.0328. The summed E-state index contributed by atoms with van der Waals surface area (Å²) in [7, 11) is 0. The molecule has 92 valence electrons. The molecule has 0 radical (unpaired) electrons. The minimum atomic E-state index is -4.20. The first-order chi connectivity index (χ1) is 8.01. The van der Waals surface area contributed by atoms with Gasteiger partial charge < -0.3 is 4.74 Å². The molecule has 0 saturated heterocycles. The first-order valence-electron chi connectivity index (χ1n) is 4.71. The van der Waals surface area contributed by atoms with Gasteiger partial charge in [0.15, 0.2) is 0 Å². The van der Waals surface area contributed by atoms with Gasteiger partial charge in [0.25, 0.3) is 0 Å². The van der Waals surface area contributed by atoms with Crippen LogP contribution in [0.4, 0.5) is 13.2 Å². The van der Waals surface area contributed by atoms with Crippen molar-refractivity contribution in [1.29, 1.82) is 5.26 Å². The van der Waals surface area contributed by atoms with E-state index in [0.29, 0.717) is 5.56 Å². The Morgan fingerprint density at radius 3 is 2.88 bits per heavy atom. The Bertz CT molecular complexity index is 403. The normalized spacial score (nSPS) is 10.9. The van der Waals surface area contributed by atoms with Crippen molar-refractivity contribution in [3.8, 4) is 11.9 Å². The molecule has 7 heteroatoms. The summed E-state index contributed by atoms with van der Waals surface area (Å²) in [5.74, 6) is 0.197. The molecule has 0 aliphatic rings. The van der Waals surface area contributed by atoms with Crippen LogP contribution in [0.2, 0.25) is 0 Å². The first-order valence-corrected chi connectivity index (χ1v) is 5.69. The minimum absolute atomic E-state index is 0.0541. The number of hydrogen-bond donors (Lipinski definition) is 0. The standard InChI is InChI=1S/C10H9F3N2OS/c11-10(12,13)17-5-1-4-16-9-6-8(7-14)2-3-15-9/h2-3,6H,1,4-5H2. The van der Waals surface area contributed by atoms with Gasteiger partial charge in [-0.1, -0.05) is 11.8 Å². The number of pyridine rings is 1. The van der Waals surface area contributed by atoms with E-state index in [-0.39, 0.29) is 36.4 Å². The summed E-state index contributed by atoms with van der Waals surface area (Å²) in [4.78, 5) is 3.83. The van der Waals surface area contributed by atoms with Gasteiger partial charge >= 0.3 is 5.51 Å². The number of ether oxygens (including phenoxy) is 1. The van der Waals surface area contributed by atoms with E-state index in [1.165, 1.54) is 18.3 Å². The van der Waals surface area contributed by atoms with Crippen LogP contribution in [-0.2, 0) is 0 Å². The van der Waals surface area contributed by atoms with Gasteiger partial charge in [-0.3, -0.25) is 0 Å². The fraction of sp³-hybridized carbons (Fsp3) is 0.400. The predicted octanol–water partition coefficient (Wildman–Crippen LogP) is 2.98. The molecule has 0 saturated carbocycles. The monoisotopic (exact) mass is 262 g/mol. The summed E-state index contributed by atoms with van der Waals surface area (Å²) in [6, 6.07) is 4.88. The summed E-state index contributed by atoms with van der Waals surface area (Å²) in [5, 5.41) is 8.60. The average molecular weight is 262 g/mol. The van der Waals surface area contributed by atoms with E-state index in [0.717, 1.165) is 0 Å². The van der Waals surface area contributed by atoms with Gasteiger partial charge in [0.1, 0.15) is 0 Å². The molecule has 0 aromatic carbocycles. The zero-order chi connectivity index (χ0) is 12.7. The van der Waals surface area contributed by atoms with E-state index >= 15 is 0 Å². The second kappa shape index (κ2) is 6.35. The molecule has 0 bridgehead atoms. The molecule has 0 unspecified atom stereocenters. The third-order valence-electron chi connectivity index (χ3n) is 1.67. The van der Waals surface area contributed by atoms with Gasteiger partial charge in [-0.05, 0) is 12.5 Å². The number of thioether (sulfide) groups is 1. The zero-order valence-electron chi connectivity index (χ0n) is 8.70. The van der Waals surface area contributed by atoms with Gasteiger partial charge in [-0.25, -0.2) is 4.98 Å². The van der Waals surface area contributed by atoms with Crippen molar-refractivity contribution >= 4 is 11.8 Å². The maximum atomic E-state index is 11.8. The van der Waals surface area contributed by atoms with Crippen LogP contribution in [0.15, 0.2) is 18.3 Å². The number of nitrogens with zero attached hydrogens (tertiary/aromatic N) is 2. The molecule has 0 N–H and O–H groups in total. The van der Waals surface area contributed by atoms with Gasteiger partial charge in [0, 0.05) is 18.0 Å². The van der Waals surface area contributed by atoms with Crippen LogP contribution in [0.3, 0.4) is 0 Å². The maximum Gasteiger partial charge on any atom is 0.441 e. The van der Waals surface area contributed by atoms with Gasteiger partial charge in [0.2, 0.25) is 5.88 Å². The lowest BCUT2D eigenvalue weighted by atomic mass is 10.3. The largest absolute Gasteiger partial charge is 0.478 e. The van der Waals surface area contributed by atoms with Gasteiger partial charge in [-0.15, -0.1) is 0 Å². The van der Waals surface area contributed by atoms with Crippen LogP contribution in [-0.4, -0.2) is 22.9 Å². The van der Waals surface area contributed by atoms with Crippen molar-refractivity contribution < 1.29 is 17.9 Å². The third kappa shape index (κ3) is 6.02. The topological polar surface area (TPSA) is 45.9 Å². The highest BCUT2D eigenvalue weighted by atomic mass is 32.2. The summed E-state index contributed by atoms with van der Waals surface area (Å²) in [5.41, 5.74) is -3.79. The fourth-order valence-corrected chi connectivity index (χ4v) is 1.48. The summed E-state index contributed by atoms with van der Waals surface area (Å²) < 4.78 is 40.5. The molecule has 1 rings (SSSR count). The second-order valence-corrected chi connectivity index (χ2v) is 4.15. The number of rotatable bonds is 5. The molecular weight excluding hydrogens is 253 g/mol. The molecular formula is C10H9F3N2OS. The molecule has 1 heterocycles.